The first-order valence-electron chi connectivity index (χ1n) is 6.78. The molecule has 0 spiro atoms. The van der Waals surface area contributed by atoms with Crippen LogP contribution >= 0.6 is 11.6 Å². The van der Waals surface area contributed by atoms with Crippen LogP contribution in [0.5, 0.6) is 0 Å². The molecule has 5 nitrogen and oxygen atoms in total. The highest BCUT2D eigenvalue weighted by molar-refractivity contribution is 6.31. The van der Waals surface area contributed by atoms with Gasteiger partial charge in [0, 0.05) is 16.9 Å². The number of carbonyl (C=O) groups excluding carboxylic acids is 2. The molecule has 0 aliphatic carbocycles. The van der Waals surface area contributed by atoms with E-state index in [1.165, 1.54) is 0 Å². The summed E-state index contributed by atoms with van der Waals surface area (Å²) in [6, 6.07) is 10.7. The van der Waals surface area contributed by atoms with E-state index in [1.54, 1.807) is 43.5 Å². The number of hydrogen-bond donors (Lipinski definition) is 2. The molecule has 0 aliphatic rings. The Balaban J connectivity index is 1.84. The van der Waals surface area contributed by atoms with Crippen LogP contribution < -0.4 is 10.6 Å². The lowest BCUT2D eigenvalue weighted by Gasteiger charge is -2.09. The average molecular weight is 318 g/mol. The average Bonchev–Trinajstić information content (AvgIpc) is 2.51. The van der Waals surface area contributed by atoms with Gasteiger partial charge < -0.3 is 10.6 Å². The van der Waals surface area contributed by atoms with Gasteiger partial charge >= 0.3 is 0 Å². The molecule has 22 heavy (non-hydrogen) atoms. The molecule has 0 saturated heterocycles. The molecular formula is C16H16ClN3O2. The molecule has 1 heterocycles. The highest BCUT2D eigenvalue weighted by atomic mass is 35.5. The minimum absolute atomic E-state index is 0.251. The summed E-state index contributed by atoms with van der Waals surface area (Å²) in [7, 11) is 0. The molecule has 2 N–H and O–H groups in total. The van der Waals surface area contributed by atoms with E-state index >= 15 is 0 Å². The van der Waals surface area contributed by atoms with Gasteiger partial charge in [-0.05, 0) is 36.8 Å². The Morgan fingerprint density at radius 3 is 2.68 bits per heavy atom. The number of amides is 2. The van der Waals surface area contributed by atoms with E-state index < -0.39 is 0 Å². The van der Waals surface area contributed by atoms with E-state index in [0.29, 0.717) is 17.3 Å². The Bertz CT molecular complexity index is 674. The zero-order valence-corrected chi connectivity index (χ0v) is 12.9. The third kappa shape index (κ3) is 4.56. The molecule has 2 amide bonds. The maximum atomic E-state index is 11.9. The lowest BCUT2D eigenvalue weighted by molar-refractivity contribution is -0.126. The number of rotatable bonds is 5. The Morgan fingerprint density at radius 1 is 1.14 bits per heavy atom. The Morgan fingerprint density at radius 2 is 1.95 bits per heavy atom. The number of benzene rings is 1. The fourth-order valence-electron chi connectivity index (χ4n) is 1.84. The number of halogens is 1. The Kier molecular flexibility index (Phi) is 5.49. The number of hydrogen-bond acceptors (Lipinski definition) is 3. The minimum Gasteiger partial charge on any atom is -0.350 e. The molecule has 0 bridgehead atoms. The van der Waals surface area contributed by atoms with E-state index in [-0.39, 0.29) is 18.2 Å². The monoisotopic (exact) mass is 317 g/mol. The summed E-state index contributed by atoms with van der Waals surface area (Å²) in [5.41, 5.74) is 2.11. The van der Waals surface area contributed by atoms with Gasteiger partial charge in [-0.1, -0.05) is 23.7 Å². The number of aromatic nitrogens is 1. The maximum absolute atomic E-state index is 11.9. The summed E-state index contributed by atoms with van der Waals surface area (Å²) in [6.45, 7) is 2.10. The highest BCUT2D eigenvalue weighted by Gasteiger charge is 2.11. The molecule has 1 aromatic heterocycles. The fourth-order valence-corrected chi connectivity index (χ4v) is 2.01. The first-order chi connectivity index (χ1) is 10.6. The molecular weight excluding hydrogens is 302 g/mol. The third-order valence-electron chi connectivity index (χ3n) is 3.06. The van der Waals surface area contributed by atoms with Crippen LogP contribution in [0.3, 0.4) is 0 Å². The second kappa shape index (κ2) is 7.56. The second-order valence-corrected chi connectivity index (χ2v) is 5.14. The summed E-state index contributed by atoms with van der Waals surface area (Å²) in [5.74, 6) is -0.744. The largest absolute Gasteiger partial charge is 0.350 e. The lowest BCUT2D eigenvalue weighted by Crippen LogP contribution is -2.28. The number of nitrogens with zero attached hydrogens (tertiary/aromatic N) is 1. The van der Waals surface area contributed by atoms with Gasteiger partial charge in [-0.25, -0.2) is 0 Å². The van der Waals surface area contributed by atoms with Gasteiger partial charge in [-0.15, -0.1) is 0 Å². The van der Waals surface area contributed by atoms with Gasteiger partial charge in [0.1, 0.15) is 6.42 Å². The van der Waals surface area contributed by atoms with Gasteiger partial charge in [-0.3, -0.25) is 14.6 Å². The molecule has 0 atom stereocenters. The molecule has 114 valence electrons. The summed E-state index contributed by atoms with van der Waals surface area (Å²) < 4.78 is 0. The van der Waals surface area contributed by atoms with Crippen molar-refractivity contribution in [3.05, 3.63) is 58.9 Å². The van der Waals surface area contributed by atoms with Crippen LogP contribution in [0.1, 0.15) is 17.7 Å². The smallest absolute Gasteiger partial charge is 0.233 e. The molecule has 0 radical (unpaired) electrons. The number of carbonyl (C=O) groups is 2. The Labute approximate surface area is 133 Å². The molecule has 6 heteroatoms. The first-order valence-corrected chi connectivity index (χ1v) is 7.15. The highest BCUT2D eigenvalue weighted by Crippen LogP contribution is 2.22. The van der Waals surface area contributed by atoms with Crippen molar-refractivity contribution < 1.29 is 9.59 Å². The van der Waals surface area contributed by atoms with Crippen molar-refractivity contribution in [2.45, 2.75) is 19.9 Å². The van der Waals surface area contributed by atoms with Crippen molar-refractivity contribution in [3.8, 4) is 0 Å². The van der Waals surface area contributed by atoms with E-state index in [4.69, 9.17) is 11.6 Å². The van der Waals surface area contributed by atoms with Crippen molar-refractivity contribution in [2.24, 2.45) is 0 Å². The minimum atomic E-state index is -0.385. The number of nitrogens with one attached hydrogen (secondary N) is 2. The van der Waals surface area contributed by atoms with Crippen LogP contribution in [0, 0.1) is 6.92 Å². The van der Waals surface area contributed by atoms with Crippen molar-refractivity contribution in [2.75, 3.05) is 5.32 Å². The quantitative estimate of drug-likeness (QED) is 0.833. The van der Waals surface area contributed by atoms with E-state index in [2.05, 4.69) is 15.6 Å². The summed E-state index contributed by atoms with van der Waals surface area (Å²) in [5, 5.41) is 5.90. The zero-order valence-electron chi connectivity index (χ0n) is 12.1. The normalized spacial score (nSPS) is 10.1. The van der Waals surface area contributed by atoms with Gasteiger partial charge in [0.05, 0.1) is 12.2 Å². The molecule has 0 fully saturated rings. The topological polar surface area (TPSA) is 71.1 Å². The van der Waals surface area contributed by atoms with Gasteiger partial charge in [0.2, 0.25) is 11.8 Å². The van der Waals surface area contributed by atoms with Gasteiger partial charge in [0.25, 0.3) is 0 Å². The van der Waals surface area contributed by atoms with Gasteiger partial charge in [0.15, 0.2) is 0 Å². The van der Waals surface area contributed by atoms with E-state index in [9.17, 15) is 9.59 Å². The summed E-state index contributed by atoms with van der Waals surface area (Å²) in [4.78, 5) is 27.7. The fraction of sp³-hybridized carbons (Fsp3) is 0.188. The third-order valence-corrected chi connectivity index (χ3v) is 3.47. The molecule has 0 saturated carbocycles. The van der Waals surface area contributed by atoms with Crippen molar-refractivity contribution in [1.29, 1.82) is 0 Å². The Hall–Kier alpha value is -2.40. The van der Waals surface area contributed by atoms with Crippen LogP contribution in [0.15, 0.2) is 42.6 Å². The lowest BCUT2D eigenvalue weighted by atomic mass is 10.2. The van der Waals surface area contributed by atoms with Crippen molar-refractivity contribution in [3.63, 3.8) is 0 Å². The number of anilines is 1. The second-order valence-electron chi connectivity index (χ2n) is 4.74. The molecule has 2 aromatic rings. The molecule has 0 aliphatic heterocycles. The zero-order chi connectivity index (χ0) is 15.9. The number of pyridine rings is 1. The van der Waals surface area contributed by atoms with Crippen LogP contribution in [0.25, 0.3) is 0 Å². The van der Waals surface area contributed by atoms with Crippen LogP contribution in [0.2, 0.25) is 5.02 Å². The van der Waals surface area contributed by atoms with Crippen molar-refractivity contribution in [1.82, 2.24) is 10.3 Å². The van der Waals surface area contributed by atoms with Crippen LogP contribution in [-0.2, 0) is 16.1 Å². The predicted molar refractivity (Wildman–Crippen MR) is 85.5 cm³/mol. The predicted octanol–water partition coefficient (Wildman–Crippen LogP) is 2.69. The molecule has 0 unspecified atom stereocenters. The molecule has 1 aromatic carbocycles. The standard InChI is InChI=1S/C16H16ClN3O2/c1-11-13(17)6-4-7-14(11)20-16(22)9-15(21)19-10-12-5-2-3-8-18-12/h2-8H,9-10H2,1H3,(H,19,21)(H,20,22). The van der Waals surface area contributed by atoms with Gasteiger partial charge in [-0.2, -0.15) is 0 Å². The van der Waals surface area contributed by atoms with Crippen LogP contribution in [0.4, 0.5) is 5.69 Å². The SMILES string of the molecule is Cc1c(Cl)cccc1NC(=O)CC(=O)NCc1ccccn1. The van der Waals surface area contributed by atoms with E-state index in [0.717, 1.165) is 11.3 Å². The first kappa shape index (κ1) is 16.0. The summed E-state index contributed by atoms with van der Waals surface area (Å²) in [6.07, 6.45) is 1.40. The van der Waals surface area contributed by atoms with E-state index in [1.807, 2.05) is 6.07 Å². The molecule has 2 rings (SSSR count). The van der Waals surface area contributed by atoms with Crippen LogP contribution in [-0.4, -0.2) is 16.8 Å². The summed E-state index contributed by atoms with van der Waals surface area (Å²) >= 11 is 5.98. The van der Waals surface area contributed by atoms with Crippen molar-refractivity contribution >= 4 is 29.1 Å². The maximum Gasteiger partial charge on any atom is 0.233 e.